The number of nitrogens with one attached hydrogen (secondary N) is 1. The molecule has 0 fully saturated rings. The van der Waals surface area contributed by atoms with Crippen molar-refractivity contribution in [2.24, 2.45) is 5.10 Å². The van der Waals surface area contributed by atoms with Gasteiger partial charge in [-0.15, -0.1) is 0 Å². The molecule has 3 aromatic rings. The van der Waals surface area contributed by atoms with Crippen molar-refractivity contribution in [3.8, 4) is 23.0 Å². The zero-order valence-corrected chi connectivity index (χ0v) is 19.7. The molecule has 0 atom stereocenters. The lowest BCUT2D eigenvalue weighted by Crippen LogP contribution is -2.17. The van der Waals surface area contributed by atoms with E-state index in [0.29, 0.717) is 23.1 Å². The minimum absolute atomic E-state index is 0.108. The Bertz CT molecular complexity index is 1350. The van der Waals surface area contributed by atoms with E-state index in [0.717, 1.165) is 18.2 Å². The number of amides is 1. The second kappa shape index (κ2) is 11.6. The molecule has 0 saturated carbocycles. The first-order valence-corrected chi connectivity index (χ1v) is 10.7. The summed E-state index contributed by atoms with van der Waals surface area (Å²) in [7, 11) is 1.45. The van der Waals surface area contributed by atoms with Crippen molar-refractivity contribution in [2.45, 2.75) is 6.92 Å². The normalized spacial score (nSPS) is 10.6. The topological polar surface area (TPSA) is 155 Å². The maximum absolute atomic E-state index is 12.5. The smallest absolute Gasteiger partial charge is 0.318 e. The molecule has 1 amide bonds. The monoisotopic (exact) mass is 514 g/mol. The molecule has 12 nitrogen and oxygen atoms in total. The number of ether oxygens (including phenoxy) is 3. The molecule has 0 spiro atoms. The van der Waals surface area contributed by atoms with Crippen LogP contribution in [0.1, 0.15) is 22.8 Å². The molecule has 186 valence electrons. The summed E-state index contributed by atoms with van der Waals surface area (Å²) in [5.74, 6) is 0.207. The second-order valence-electron chi connectivity index (χ2n) is 6.95. The number of halogens is 1. The largest absolute Gasteiger partial charge is 0.493 e. The number of nitro groups is 2. The minimum atomic E-state index is -0.794. The number of benzene rings is 3. The van der Waals surface area contributed by atoms with Gasteiger partial charge in [0.05, 0.1) is 35.8 Å². The van der Waals surface area contributed by atoms with E-state index in [4.69, 9.17) is 25.8 Å². The van der Waals surface area contributed by atoms with Crippen LogP contribution in [0.3, 0.4) is 0 Å². The van der Waals surface area contributed by atoms with Gasteiger partial charge < -0.3 is 14.2 Å². The summed E-state index contributed by atoms with van der Waals surface area (Å²) in [5.41, 5.74) is 1.85. The third kappa shape index (κ3) is 6.24. The van der Waals surface area contributed by atoms with E-state index in [9.17, 15) is 25.0 Å². The van der Waals surface area contributed by atoms with Gasteiger partial charge >= 0.3 is 5.69 Å². The molecular weight excluding hydrogens is 496 g/mol. The molecular formula is C23H19ClN4O8. The maximum Gasteiger partial charge on any atom is 0.318 e. The van der Waals surface area contributed by atoms with Gasteiger partial charge in [0.25, 0.3) is 11.6 Å². The Hall–Kier alpha value is -4.71. The number of nitrogens with zero attached hydrogens (tertiary/aromatic N) is 3. The Labute approximate surface area is 209 Å². The van der Waals surface area contributed by atoms with Crippen LogP contribution in [0.4, 0.5) is 11.4 Å². The third-order valence-corrected chi connectivity index (χ3v) is 4.87. The first-order valence-electron chi connectivity index (χ1n) is 10.3. The van der Waals surface area contributed by atoms with Crippen molar-refractivity contribution in [1.29, 1.82) is 0 Å². The summed E-state index contributed by atoms with van der Waals surface area (Å²) >= 11 is 6.05. The lowest BCUT2D eigenvalue weighted by atomic mass is 10.2. The summed E-state index contributed by atoms with van der Waals surface area (Å²) < 4.78 is 16.3. The first-order chi connectivity index (χ1) is 17.2. The molecule has 0 aromatic heterocycles. The van der Waals surface area contributed by atoms with Gasteiger partial charge in [0.2, 0.25) is 5.75 Å². The lowest BCUT2D eigenvalue weighted by molar-refractivity contribution is -0.394. The van der Waals surface area contributed by atoms with Crippen molar-refractivity contribution >= 4 is 35.1 Å². The molecule has 0 radical (unpaired) electrons. The van der Waals surface area contributed by atoms with E-state index in [2.05, 4.69) is 10.5 Å². The zero-order valence-electron chi connectivity index (χ0n) is 19.0. The number of methoxy groups -OCH3 is 1. The molecule has 0 aliphatic rings. The van der Waals surface area contributed by atoms with E-state index in [1.54, 1.807) is 12.1 Å². The van der Waals surface area contributed by atoms with Crippen LogP contribution in [0.25, 0.3) is 0 Å². The van der Waals surface area contributed by atoms with Crippen LogP contribution >= 0.6 is 11.6 Å². The van der Waals surface area contributed by atoms with Crippen LogP contribution in [0.15, 0.2) is 59.7 Å². The highest BCUT2D eigenvalue weighted by Gasteiger charge is 2.22. The number of hydrazone groups is 1. The number of carbonyl (C=O) groups is 1. The predicted octanol–water partition coefficient (Wildman–Crippen LogP) is 5.12. The number of hydrogen-bond donors (Lipinski definition) is 1. The van der Waals surface area contributed by atoms with Gasteiger partial charge in [0.1, 0.15) is 5.75 Å². The Morgan fingerprint density at radius 2 is 1.72 bits per heavy atom. The van der Waals surface area contributed by atoms with Gasteiger partial charge in [-0.3, -0.25) is 25.0 Å². The Morgan fingerprint density at radius 1 is 1.00 bits per heavy atom. The number of non-ortho nitro benzene ring substituents is 1. The fourth-order valence-corrected chi connectivity index (χ4v) is 3.17. The van der Waals surface area contributed by atoms with E-state index in [1.807, 2.05) is 6.92 Å². The predicted molar refractivity (Wildman–Crippen MR) is 131 cm³/mol. The van der Waals surface area contributed by atoms with Crippen molar-refractivity contribution in [3.63, 3.8) is 0 Å². The fourth-order valence-electron chi connectivity index (χ4n) is 2.99. The molecule has 0 unspecified atom stereocenters. The summed E-state index contributed by atoms with van der Waals surface area (Å²) in [6.07, 6.45) is 1.24. The zero-order chi connectivity index (χ0) is 26.2. The average molecular weight is 515 g/mol. The van der Waals surface area contributed by atoms with Gasteiger partial charge in [0.15, 0.2) is 11.5 Å². The van der Waals surface area contributed by atoms with Gasteiger partial charge in [-0.2, -0.15) is 5.10 Å². The van der Waals surface area contributed by atoms with Crippen molar-refractivity contribution in [3.05, 3.63) is 91.0 Å². The molecule has 13 heteroatoms. The Kier molecular flexibility index (Phi) is 8.36. The molecule has 0 aliphatic heterocycles. The van der Waals surface area contributed by atoms with Crippen molar-refractivity contribution in [1.82, 2.24) is 5.43 Å². The summed E-state index contributed by atoms with van der Waals surface area (Å²) in [6.45, 7) is 2.25. The fraction of sp³-hybridized carbons (Fsp3) is 0.130. The minimum Gasteiger partial charge on any atom is -0.493 e. The highest BCUT2D eigenvalue weighted by atomic mass is 35.5. The third-order valence-electron chi connectivity index (χ3n) is 4.64. The Balaban J connectivity index is 1.82. The number of carbonyl (C=O) groups excluding carboxylic acids is 1. The van der Waals surface area contributed by atoms with Crippen molar-refractivity contribution < 1.29 is 28.9 Å². The van der Waals surface area contributed by atoms with E-state index < -0.39 is 27.1 Å². The van der Waals surface area contributed by atoms with E-state index in [1.165, 1.54) is 37.6 Å². The highest BCUT2D eigenvalue weighted by molar-refractivity contribution is 6.30. The second-order valence-corrected chi connectivity index (χ2v) is 7.38. The lowest BCUT2D eigenvalue weighted by Gasteiger charge is -2.10. The van der Waals surface area contributed by atoms with Crippen LogP contribution in [-0.2, 0) is 0 Å². The molecule has 0 saturated heterocycles. The highest BCUT2D eigenvalue weighted by Crippen LogP contribution is 2.36. The van der Waals surface area contributed by atoms with Crippen molar-refractivity contribution in [2.75, 3.05) is 13.7 Å². The molecule has 36 heavy (non-hydrogen) atoms. The molecule has 3 rings (SSSR count). The SMILES string of the molecule is CCOc1ccc(C(=O)N/N=C/c2cc(Cl)ccc2Oc2ccc([N+](=O)[O-])cc2[N+](=O)[O-])cc1OC. The van der Waals surface area contributed by atoms with Gasteiger partial charge in [-0.05, 0) is 49.4 Å². The van der Waals surface area contributed by atoms with Gasteiger partial charge in [-0.1, -0.05) is 11.6 Å². The Morgan fingerprint density at radius 3 is 2.39 bits per heavy atom. The summed E-state index contributed by atoms with van der Waals surface area (Å²) in [5, 5.41) is 26.6. The summed E-state index contributed by atoms with van der Waals surface area (Å²) in [4.78, 5) is 33.3. The molecule has 0 heterocycles. The molecule has 3 aromatic carbocycles. The maximum atomic E-state index is 12.5. The number of rotatable bonds is 10. The molecule has 1 N–H and O–H groups in total. The van der Waals surface area contributed by atoms with Crippen LogP contribution in [-0.4, -0.2) is 35.7 Å². The van der Waals surface area contributed by atoms with E-state index in [-0.39, 0.29) is 22.6 Å². The quantitative estimate of drug-likeness (QED) is 0.222. The van der Waals surface area contributed by atoms with Crippen LogP contribution < -0.4 is 19.6 Å². The molecule has 0 aliphatic carbocycles. The van der Waals surface area contributed by atoms with Crippen LogP contribution in [0.2, 0.25) is 5.02 Å². The van der Waals surface area contributed by atoms with Crippen LogP contribution in [0, 0.1) is 20.2 Å². The van der Waals surface area contributed by atoms with Gasteiger partial charge in [-0.25, -0.2) is 5.43 Å². The number of nitro benzene ring substituents is 2. The first kappa shape index (κ1) is 25.9. The molecule has 0 bridgehead atoms. The standard InChI is InChI=1S/C23H19ClN4O8/c1-3-35-21-7-4-14(11-22(21)34-2)23(29)26-25-13-15-10-16(24)5-8-19(15)36-20-9-6-17(27(30)31)12-18(20)28(32)33/h4-13H,3H2,1-2H3,(H,26,29)/b25-13+. The average Bonchev–Trinajstić information content (AvgIpc) is 2.85. The van der Waals surface area contributed by atoms with Gasteiger partial charge in [0, 0.05) is 22.2 Å². The number of hydrogen-bond acceptors (Lipinski definition) is 9. The van der Waals surface area contributed by atoms with E-state index >= 15 is 0 Å². The summed E-state index contributed by atoms with van der Waals surface area (Å²) in [6, 6.07) is 12.0. The van der Waals surface area contributed by atoms with Crippen LogP contribution in [0.5, 0.6) is 23.0 Å².